The van der Waals surface area contributed by atoms with Gasteiger partial charge >= 0.3 is 5.76 Å². The number of nitrogens with one attached hydrogen (secondary N) is 1. The molecule has 8 nitrogen and oxygen atoms in total. The van der Waals surface area contributed by atoms with E-state index >= 15 is 0 Å². The van der Waals surface area contributed by atoms with Gasteiger partial charge in [-0.05, 0) is 18.6 Å². The first-order valence-corrected chi connectivity index (χ1v) is 8.94. The lowest BCUT2D eigenvalue weighted by atomic mass is 10.2. The standard InChI is InChI=1S/C20H18N4O4/c25-17(13-24-19(22-28-20(24)27)14-7-2-1-3-8-14)21-15-9-4-5-10-16(15)23-12-6-11-18(23)26/h1-5,7-10H,6,11-13H2,(H,21,25). The maximum Gasteiger partial charge on any atom is 0.442 e. The molecule has 0 atom stereocenters. The molecule has 1 aliphatic rings. The van der Waals surface area contributed by atoms with Gasteiger partial charge in [0.1, 0.15) is 6.54 Å². The largest absolute Gasteiger partial charge is 0.442 e. The maximum atomic E-state index is 12.6. The van der Waals surface area contributed by atoms with E-state index in [1.807, 2.05) is 24.3 Å². The first-order valence-electron chi connectivity index (χ1n) is 8.94. The molecule has 0 aliphatic carbocycles. The van der Waals surface area contributed by atoms with Crippen LogP contribution >= 0.6 is 0 Å². The Morgan fingerprint density at radius 2 is 1.82 bits per heavy atom. The topological polar surface area (TPSA) is 97.4 Å². The predicted octanol–water partition coefficient (Wildman–Crippen LogP) is 2.27. The van der Waals surface area contributed by atoms with Gasteiger partial charge in [-0.2, -0.15) is 0 Å². The summed E-state index contributed by atoms with van der Waals surface area (Å²) in [4.78, 5) is 38.4. The Bertz CT molecular complexity index is 1070. The van der Waals surface area contributed by atoms with E-state index in [-0.39, 0.29) is 18.3 Å². The van der Waals surface area contributed by atoms with E-state index in [1.165, 1.54) is 4.57 Å². The average Bonchev–Trinajstić information content (AvgIpc) is 3.29. The number of para-hydroxylation sites is 2. The highest BCUT2D eigenvalue weighted by Crippen LogP contribution is 2.29. The quantitative estimate of drug-likeness (QED) is 0.734. The highest BCUT2D eigenvalue weighted by atomic mass is 16.5. The van der Waals surface area contributed by atoms with Crippen LogP contribution in [0.15, 0.2) is 63.9 Å². The number of carbonyl (C=O) groups excluding carboxylic acids is 2. The minimum Gasteiger partial charge on any atom is -0.323 e. The van der Waals surface area contributed by atoms with Crippen molar-refractivity contribution in [3.63, 3.8) is 0 Å². The van der Waals surface area contributed by atoms with Crippen LogP contribution < -0.4 is 16.0 Å². The fourth-order valence-corrected chi connectivity index (χ4v) is 3.25. The Morgan fingerprint density at radius 3 is 2.57 bits per heavy atom. The van der Waals surface area contributed by atoms with E-state index in [4.69, 9.17) is 4.52 Å². The molecule has 3 aromatic rings. The molecule has 0 saturated carbocycles. The van der Waals surface area contributed by atoms with Crippen molar-refractivity contribution in [2.24, 2.45) is 0 Å². The van der Waals surface area contributed by atoms with Crippen molar-refractivity contribution in [3.05, 3.63) is 65.1 Å². The molecule has 2 aromatic carbocycles. The smallest absolute Gasteiger partial charge is 0.323 e. The molecular formula is C20H18N4O4. The molecule has 2 heterocycles. The van der Waals surface area contributed by atoms with Gasteiger partial charge in [0, 0.05) is 18.5 Å². The van der Waals surface area contributed by atoms with Crippen molar-refractivity contribution in [1.29, 1.82) is 0 Å². The molecule has 142 valence electrons. The first kappa shape index (κ1) is 17.7. The minimum atomic E-state index is -0.711. The normalized spacial score (nSPS) is 13.7. The van der Waals surface area contributed by atoms with Crippen LogP contribution in [0.3, 0.4) is 0 Å². The van der Waals surface area contributed by atoms with Gasteiger partial charge in [-0.15, -0.1) is 0 Å². The Morgan fingerprint density at radius 1 is 1.07 bits per heavy atom. The third kappa shape index (κ3) is 3.44. The summed E-state index contributed by atoms with van der Waals surface area (Å²) < 4.78 is 5.92. The lowest BCUT2D eigenvalue weighted by Gasteiger charge is -2.20. The van der Waals surface area contributed by atoms with Crippen molar-refractivity contribution in [1.82, 2.24) is 9.72 Å². The second kappa shape index (κ2) is 7.51. The summed E-state index contributed by atoms with van der Waals surface area (Å²) in [6, 6.07) is 16.1. The summed E-state index contributed by atoms with van der Waals surface area (Å²) >= 11 is 0. The van der Waals surface area contributed by atoms with E-state index in [0.717, 1.165) is 6.42 Å². The van der Waals surface area contributed by atoms with Gasteiger partial charge < -0.3 is 10.2 Å². The molecule has 1 N–H and O–H groups in total. The van der Waals surface area contributed by atoms with E-state index in [1.54, 1.807) is 35.2 Å². The monoisotopic (exact) mass is 378 g/mol. The number of nitrogens with zero attached hydrogens (tertiary/aromatic N) is 3. The van der Waals surface area contributed by atoms with Crippen LogP contribution in [0, 0.1) is 0 Å². The van der Waals surface area contributed by atoms with Crippen LogP contribution in [0.2, 0.25) is 0 Å². The summed E-state index contributed by atoms with van der Waals surface area (Å²) in [5.41, 5.74) is 1.84. The number of anilines is 2. The molecule has 8 heteroatoms. The number of benzene rings is 2. The SMILES string of the molecule is O=C(Cn1c(-c2ccccc2)noc1=O)Nc1ccccc1N1CCCC1=O. The molecule has 1 aliphatic heterocycles. The molecule has 0 spiro atoms. The second-order valence-electron chi connectivity index (χ2n) is 6.44. The Labute approximate surface area is 160 Å². The summed E-state index contributed by atoms with van der Waals surface area (Å²) in [6.45, 7) is 0.365. The number of hydrogen-bond acceptors (Lipinski definition) is 5. The fourth-order valence-electron chi connectivity index (χ4n) is 3.25. The van der Waals surface area contributed by atoms with E-state index in [2.05, 4.69) is 10.5 Å². The van der Waals surface area contributed by atoms with Gasteiger partial charge in [0.2, 0.25) is 11.8 Å². The Balaban J connectivity index is 1.56. The molecule has 0 bridgehead atoms. The van der Waals surface area contributed by atoms with Crippen molar-refractivity contribution in [2.45, 2.75) is 19.4 Å². The third-order valence-corrected chi connectivity index (χ3v) is 4.56. The van der Waals surface area contributed by atoms with Crippen molar-refractivity contribution in [3.8, 4) is 11.4 Å². The number of hydrogen-bond donors (Lipinski definition) is 1. The molecule has 4 rings (SSSR count). The zero-order chi connectivity index (χ0) is 19.5. The molecule has 1 fully saturated rings. The number of rotatable bonds is 5. The van der Waals surface area contributed by atoms with Crippen LogP contribution in [0.5, 0.6) is 0 Å². The van der Waals surface area contributed by atoms with E-state index in [0.29, 0.717) is 29.9 Å². The summed E-state index contributed by atoms with van der Waals surface area (Å²) in [5, 5.41) is 6.57. The van der Waals surface area contributed by atoms with Crippen molar-refractivity contribution in [2.75, 3.05) is 16.8 Å². The Hall–Kier alpha value is -3.68. The van der Waals surface area contributed by atoms with E-state index in [9.17, 15) is 14.4 Å². The van der Waals surface area contributed by atoms with Gasteiger partial charge in [0.25, 0.3) is 0 Å². The van der Waals surface area contributed by atoms with Gasteiger partial charge in [-0.1, -0.05) is 47.6 Å². The zero-order valence-corrected chi connectivity index (χ0v) is 15.0. The second-order valence-corrected chi connectivity index (χ2v) is 6.44. The molecule has 0 radical (unpaired) electrons. The number of carbonyl (C=O) groups is 2. The fraction of sp³-hybridized carbons (Fsp3) is 0.200. The molecule has 1 aromatic heterocycles. The van der Waals surface area contributed by atoms with Gasteiger partial charge in [-0.3, -0.25) is 14.1 Å². The molecule has 2 amide bonds. The van der Waals surface area contributed by atoms with Crippen molar-refractivity contribution >= 4 is 23.2 Å². The summed E-state index contributed by atoms with van der Waals surface area (Å²) in [7, 11) is 0. The van der Waals surface area contributed by atoms with Crippen LogP contribution in [0.25, 0.3) is 11.4 Å². The predicted molar refractivity (Wildman–Crippen MR) is 103 cm³/mol. The maximum absolute atomic E-state index is 12.6. The van der Waals surface area contributed by atoms with Crippen LogP contribution in [-0.2, 0) is 16.1 Å². The number of amides is 2. The highest BCUT2D eigenvalue weighted by Gasteiger charge is 2.24. The lowest BCUT2D eigenvalue weighted by Crippen LogP contribution is -2.28. The number of aromatic nitrogens is 2. The average molecular weight is 378 g/mol. The summed E-state index contributed by atoms with van der Waals surface area (Å²) in [5.74, 6) is -0.814. The van der Waals surface area contributed by atoms with Gasteiger partial charge in [-0.25, -0.2) is 9.36 Å². The van der Waals surface area contributed by atoms with Crippen molar-refractivity contribution < 1.29 is 14.1 Å². The van der Waals surface area contributed by atoms with Crippen LogP contribution in [0.1, 0.15) is 12.8 Å². The van der Waals surface area contributed by atoms with Gasteiger partial charge in [0.05, 0.1) is 11.4 Å². The first-order chi connectivity index (χ1) is 13.6. The van der Waals surface area contributed by atoms with Gasteiger partial charge in [0.15, 0.2) is 5.82 Å². The molecule has 0 unspecified atom stereocenters. The minimum absolute atomic E-state index is 0.0308. The lowest BCUT2D eigenvalue weighted by molar-refractivity contribution is -0.117. The summed E-state index contributed by atoms with van der Waals surface area (Å²) in [6.07, 6.45) is 1.29. The zero-order valence-electron chi connectivity index (χ0n) is 15.0. The van der Waals surface area contributed by atoms with Crippen LogP contribution in [0.4, 0.5) is 11.4 Å². The molecule has 28 heavy (non-hydrogen) atoms. The highest BCUT2D eigenvalue weighted by molar-refractivity contribution is 6.02. The molecular weight excluding hydrogens is 360 g/mol. The van der Waals surface area contributed by atoms with Crippen LogP contribution in [-0.4, -0.2) is 28.1 Å². The van der Waals surface area contributed by atoms with E-state index < -0.39 is 11.7 Å². The molecule has 1 saturated heterocycles. The Kier molecular flexibility index (Phi) is 4.76. The third-order valence-electron chi connectivity index (χ3n) is 4.56.